The standard InChI is InChI=1S/C21H26ClN3O2S/c1-13(2)8-9-25(10-14(3)26)11-18-23-20(27)19-17(12-28-21(19)24-18)15-4-6-16(22)7-5-15/h4-7,12-14,26H,8-11H2,1-3H3,(H,23,24,27). The number of rotatable bonds is 8. The molecule has 0 radical (unpaired) electrons. The Morgan fingerprint density at radius 2 is 1.96 bits per heavy atom. The van der Waals surface area contributed by atoms with Gasteiger partial charge < -0.3 is 10.1 Å². The van der Waals surface area contributed by atoms with Crippen LogP contribution < -0.4 is 5.56 Å². The van der Waals surface area contributed by atoms with E-state index < -0.39 is 6.10 Å². The van der Waals surface area contributed by atoms with Crippen LogP contribution in [0.2, 0.25) is 5.02 Å². The van der Waals surface area contributed by atoms with E-state index in [0.717, 1.165) is 28.9 Å². The van der Waals surface area contributed by atoms with Gasteiger partial charge in [0.1, 0.15) is 10.7 Å². The second kappa shape index (κ2) is 9.18. The van der Waals surface area contributed by atoms with Crippen LogP contribution in [0.1, 0.15) is 33.0 Å². The van der Waals surface area contributed by atoms with E-state index in [4.69, 9.17) is 11.6 Å². The Balaban J connectivity index is 1.89. The number of nitrogens with zero attached hydrogens (tertiary/aromatic N) is 2. The van der Waals surface area contributed by atoms with Crippen molar-refractivity contribution in [2.24, 2.45) is 5.92 Å². The van der Waals surface area contributed by atoms with E-state index in [9.17, 15) is 9.90 Å². The Morgan fingerprint density at radius 1 is 1.25 bits per heavy atom. The molecule has 0 aliphatic heterocycles. The van der Waals surface area contributed by atoms with Crippen LogP contribution in [0.25, 0.3) is 21.3 Å². The van der Waals surface area contributed by atoms with E-state index in [1.165, 1.54) is 11.3 Å². The zero-order valence-corrected chi connectivity index (χ0v) is 18.0. The molecule has 0 fully saturated rings. The van der Waals surface area contributed by atoms with E-state index >= 15 is 0 Å². The lowest BCUT2D eigenvalue weighted by molar-refractivity contribution is 0.117. The van der Waals surface area contributed by atoms with Gasteiger partial charge in [-0.15, -0.1) is 11.3 Å². The van der Waals surface area contributed by atoms with Crippen LogP contribution >= 0.6 is 22.9 Å². The third kappa shape index (κ3) is 5.20. The smallest absolute Gasteiger partial charge is 0.260 e. The number of fused-ring (bicyclic) bond motifs is 1. The Labute approximate surface area is 174 Å². The molecule has 0 aliphatic carbocycles. The van der Waals surface area contributed by atoms with Gasteiger partial charge in [0.15, 0.2) is 0 Å². The van der Waals surface area contributed by atoms with Crippen molar-refractivity contribution in [2.75, 3.05) is 13.1 Å². The van der Waals surface area contributed by atoms with E-state index in [2.05, 4.69) is 28.7 Å². The van der Waals surface area contributed by atoms with E-state index in [1.54, 1.807) is 6.92 Å². The number of aromatic nitrogens is 2. The average molecular weight is 420 g/mol. The fourth-order valence-electron chi connectivity index (χ4n) is 3.17. The predicted octanol–water partition coefficient (Wildman–Crippen LogP) is 4.53. The maximum atomic E-state index is 12.8. The first-order valence-corrected chi connectivity index (χ1v) is 10.8. The molecule has 1 aromatic carbocycles. The van der Waals surface area contributed by atoms with Crippen molar-refractivity contribution < 1.29 is 5.11 Å². The lowest BCUT2D eigenvalue weighted by Crippen LogP contribution is -2.33. The first kappa shape index (κ1) is 21.0. The van der Waals surface area contributed by atoms with Crippen molar-refractivity contribution in [3.05, 3.63) is 50.8 Å². The summed E-state index contributed by atoms with van der Waals surface area (Å²) in [6, 6.07) is 7.46. The summed E-state index contributed by atoms with van der Waals surface area (Å²) < 4.78 is 0. The highest BCUT2D eigenvalue weighted by Crippen LogP contribution is 2.31. The minimum absolute atomic E-state index is 0.132. The van der Waals surface area contributed by atoms with E-state index in [-0.39, 0.29) is 5.56 Å². The number of thiophene rings is 1. The Hall–Kier alpha value is -1.73. The molecule has 0 saturated carbocycles. The number of benzene rings is 1. The molecule has 1 atom stereocenters. The number of aromatic amines is 1. The minimum atomic E-state index is -0.430. The molecule has 150 valence electrons. The van der Waals surface area contributed by atoms with E-state index in [1.807, 2.05) is 29.6 Å². The number of halogens is 1. The quantitative estimate of drug-likeness (QED) is 0.562. The maximum absolute atomic E-state index is 12.8. The largest absolute Gasteiger partial charge is 0.392 e. The van der Waals surface area contributed by atoms with Gasteiger partial charge in [-0.3, -0.25) is 9.69 Å². The molecule has 2 heterocycles. The van der Waals surface area contributed by atoms with Gasteiger partial charge in [0.2, 0.25) is 0 Å². The van der Waals surface area contributed by atoms with Gasteiger partial charge in [-0.1, -0.05) is 37.6 Å². The lowest BCUT2D eigenvalue weighted by Gasteiger charge is -2.24. The fraction of sp³-hybridized carbons (Fsp3) is 0.429. The van der Waals surface area contributed by atoms with Crippen LogP contribution in [0.3, 0.4) is 0 Å². The van der Waals surface area contributed by atoms with Gasteiger partial charge in [0, 0.05) is 22.5 Å². The van der Waals surface area contributed by atoms with Crippen molar-refractivity contribution in [3.8, 4) is 11.1 Å². The first-order chi connectivity index (χ1) is 13.3. The zero-order chi connectivity index (χ0) is 20.3. The van der Waals surface area contributed by atoms with Crippen LogP contribution in [-0.4, -0.2) is 39.2 Å². The van der Waals surface area contributed by atoms with Crippen molar-refractivity contribution in [1.82, 2.24) is 14.9 Å². The van der Waals surface area contributed by atoms with E-state index in [0.29, 0.717) is 35.2 Å². The second-order valence-electron chi connectivity index (χ2n) is 7.62. The number of hydrogen-bond donors (Lipinski definition) is 2. The zero-order valence-electron chi connectivity index (χ0n) is 16.4. The summed E-state index contributed by atoms with van der Waals surface area (Å²) in [5.74, 6) is 1.21. The highest BCUT2D eigenvalue weighted by atomic mass is 35.5. The molecule has 2 N–H and O–H groups in total. The molecule has 2 aromatic heterocycles. The van der Waals surface area contributed by atoms with Gasteiger partial charge in [-0.05, 0) is 43.5 Å². The molecule has 5 nitrogen and oxygen atoms in total. The fourth-order valence-corrected chi connectivity index (χ4v) is 4.26. The van der Waals surface area contributed by atoms with Crippen LogP contribution in [0.5, 0.6) is 0 Å². The Kier molecular flexibility index (Phi) is 6.88. The molecule has 3 aromatic rings. The molecule has 1 unspecified atom stereocenters. The summed E-state index contributed by atoms with van der Waals surface area (Å²) in [4.78, 5) is 23.3. The summed E-state index contributed by atoms with van der Waals surface area (Å²) in [5, 5.41) is 13.0. The third-order valence-electron chi connectivity index (χ3n) is 4.57. The third-order valence-corrected chi connectivity index (χ3v) is 5.69. The van der Waals surface area contributed by atoms with Gasteiger partial charge in [0.05, 0.1) is 18.0 Å². The topological polar surface area (TPSA) is 69.2 Å². The molecule has 7 heteroatoms. The molecular formula is C21H26ClN3O2S. The summed E-state index contributed by atoms with van der Waals surface area (Å²) in [5.41, 5.74) is 1.69. The molecular weight excluding hydrogens is 394 g/mol. The number of nitrogens with one attached hydrogen (secondary N) is 1. The number of aliphatic hydroxyl groups is 1. The van der Waals surface area contributed by atoms with Crippen LogP contribution in [-0.2, 0) is 6.54 Å². The first-order valence-electron chi connectivity index (χ1n) is 9.50. The van der Waals surface area contributed by atoms with Crippen LogP contribution in [0.15, 0.2) is 34.4 Å². The average Bonchev–Trinajstić information content (AvgIpc) is 3.04. The maximum Gasteiger partial charge on any atom is 0.260 e. The highest BCUT2D eigenvalue weighted by molar-refractivity contribution is 7.17. The SMILES string of the molecule is CC(C)CCN(Cc1nc2scc(-c3ccc(Cl)cc3)c2c(=O)[nH]1)CC(C)O. The van der Waals surface area contributed by atoms with Crippen molar-refractivity contribution in [3.63, 3.8) is 0 Å². The van der Waals surface area contributed by atoms with Gasteiger partial charge >= 0.3 is 0 Å². The molecule has 28 heavy (non-hydrogen) atoms. The second-order valence-corrected chi connectivity index (χ2v) is 8.91. The molecule has 0 bridgehead atoms. The normalized spacial score (nSPS) is 13.0. The predicted molar refractivity (Wildman–Crippen MR) is 117 cm³/mol. The molecule has 0 spiro atoms. The number of aliphatic hydroxyl groups excluding tert-OH is 1. The monoisotopic (exact) mass is 419 g/mol. The summed E-state index contributed by atoms with van der Waals surface area (Å²) in [7, 11) is 0. The number of hydrogen-bond acceptors (Lipinski definition) is 5. The van der Waals surface area contributed by atoms with Gasteiger partial charge in [-0.25, -0.2) is 4.98 Å². The molecule has 3 rings (SSSR count). The summed E-state index contributed by atoms with van der Waals surface area (Å²) in [6.07, 6.45) is 0.597. The van der Waals surface area contributed by atoms with Crippen molar-refractivity contribution in [1.29, 1.82) is 0 Å². The molecule has 0 amide bonds. The molecule has 0 aliphatic rings. The highest BCUT2D eigenvalue weighted by Gasteiger charge is 2.16. The van der Waals surface area contributed by atoms with Gasteiger partial charge in [0.25, 0.3) is 5.56 Å². The van der Waals surface area contributed by atoms with Gasteiger partial charge in [-0.2, -0.15) is 0 Å². The van der Waals surface area contributed by atoms with Crippen LogP contribution in [0, 0.1) is 5.92 Å². The summed E-state index contributed by atoms with van der Waals surface area (Å²) >= 11 is 7.44. The summed E-state index contributed by atoms with van der Waals surface area (Å²) in [6.45, 7) is 8.05. The minimum Gasteiger partial charge on any atom is -0.392 e. The van der Waals surface area contributed by atoms with Crippen molar-refractivity contribution in [2.45, 2.75) is 39.8 Å². The van der Waals surface area contributed by atoms with Crippen molar-refractivity contribution >= 4 is 33.2 Å². The lowest BCUT2D eigenvalue weighted by atomic mass is 10.1. The number of H-pyrrole nitrogens is 1. The van der Waals surface area contributed by atoms with Crippen LogP contribution in [0.4, 0.5) is 0 Å². The Bertz CT molecular complexity index is 979. The molecule has 0 saturated heterocycles. The Morgan fingerprint density at radius 3 is 2.61 bits per heavy atom.